The van der Waals surface area contributed by atoms with E-state index in [4.69, 9.17) is 11.5 Å². The highest BCUT2D eigenvalue weighted by Gasteiger charge is 2.45. The summed E-state index contributed by atoms with van der Waals surface area (Å²) in [6.07, 6.45) is 0. The van der Waals surface area contributed by atoms with Crippen LogP contribution in [0.1, 0.15) is 43.0 Å². The molecule has 6 heteroatoms. The predicted molar refractivity (Wildman–Crippen MR) is 216 cm³/mol. The van der Waals surface area contributed by atoms with Crippen LogP contribution < -0.4 is 22.1 Å². The summed E-state index contributed by atoms with van der Waals surface area (Å²) in [5.41, 5.74) is 22.1. The first-order valence-corrected chi connectivity index (χ1v) is 17.5. The molecule has 9 rings (SSSR count). The number of carbonyl (C=O) groups excluding carboxylic acids is 2. The van der Waals surface area contributed by atoms with Gasteiger partial charge < -0.3 is 22.1 Å². The normalized spacial score (nSPS) is 12.6. The summed E-state index contributed by atoms with van der Waals surface area (Å²) in [6.45, 7) is 0. The van der Waals surface area contributed by atoms with E-state index in [1.807, 2.05) is 121 Å². The molecule has 1 aliphatic carbocycles. The molecular weight excluding hydrogens is 653 g/mol. The second kappa shape index (κ2) is 12.5. The van der Waals surface area contributed by atoms with Crippen molar-refractivity contribution in [3.8, 4) is 11.1 Å². The molecule has 8 aromatic carbocycles. The first kappa shape index (κ1) is 31.8. The van der Waals surface area contributed by atoms with Crippen LogP contribution >= 0.6 is 0 Å². The number of hydrogen-bond acceptors (Lipinski definition) is 4. The highest BCUT2D eigenvalue weighted by molar-refractivity contribution is 6.12. The number of nitrogens with two attached hydrogens (primary N) is 2. The number of carbonyl (C=O) groups is 2. The van der Waals surface area contributed by atoms with Gasteiger partial charge in [0.05, 0.1) is 5.41 Å². The molecule has 0 saturated heterocycles. The average molecular weight is 687 g/mol. The third-order valence-corrected chi connectivity index (χ3v) is 10.5. The minimum absolute atomic E-state index is 0.211. The van der Waals surface area contributed by atoms with Crippen LogP contribution in [0.15, 0.2) is 170 Å². The second-order valence-corrected chi connectivity index (χ2v) is 13.4. The Morgan fingerprint density at radius 2 is 0.755 bits per heavy atom. The van der Waals surface area contributed by atoms with Gasteiger partial charge in [-0.2, -0.15) is 0 Å². The van der Waals surface area contributed by atoms with Gasteiger partial charge in [0.25, 0.3) is 11.8 Å². The van der Waals surface area contributed by atoms with Gasteiger partial charge in [-0.25, -0.2) is 0 Å². The molecule has 0 saturated carbocycles. The lowest BCUT2D eigenvalue weighted by atomic mass is 9.67. The fourth-order valence-electron chi connectivity index (χ4n) is 8.02. The van der Waals surface area contributed by atoms with E-state index >= 15 is 0 Å². The zero-order valence-electron chi connectivity index (χ0n) is 28.6. The lowest BCUT2D eigenvalue weighted by molar-refractivity contribution is 0.101. The Bertz CT molecular complexity index is 2550. The van der Waals surface area contributed by atoms with Gasteiger partial charge in [-0.15, -0.1) is 0 Å². The third kappa shape index (κ3) is 5.11. The highest BCUT2D eigenvalue weighted by Crippen LogP contribution is 2.56. The van der Waals surface area contributed by atoms with Gasteiger partial charge in [-0.05, 0) is 81.9 Å². The summed E-state index contributed by atoms with van der Waals surface area (Å²) >= 11 is 0. The van der Waals surface area contributed by atoms with Crippen molar-refractivity contribution in [1.82, 2.24) is 0 Å². The fourth-order valence-corrected chi connectivity index (χ4v) is 8.02. The van der Waals surface area contributed by atoms with Crippen LogP contribution in [0.5, 0.6) is 0 Å². The quantitative estimate of drug-likeness (QED) is 0.131. The van der Waals surface area contributed by atoms with Crippen molar-refractivity contribution < 1.29 is 9.59 Å². The summed E-state index contributed by atoms with van der Waals surface area (Å²) in [7, 11) is 0. The van der Waals surface area contributed by atoms with Crippen molar-refractivity contribution in [2.45, 2.75) is 5.41 Å². The summed E-state index contributed by atoms with van der Waals surface area (Å²) in [5.74, 6) is -0.422. The van der Waals surface area contributed by atoms with Gasteiger partial charge >= 0.3 is 0 Å². The van der Waals surface area contributed by atoms with E-state index in [1.165, 1.54) is 0 Å². The standard InChI is InChI=1S/C47H34N4O2/c48-41-25-27-43(37-13-3-1-11-35(37)41)50-45(52)29-17-21-31(22-18-29)47(39-15-7-5-9-33(39)34-10-6-8-16-40(34)47)32-23-19-30(20-24-32)46(53)51-44-28-26-42(49)36-12-2-4-14-38(36)44/h1-28H,48-49H2,(H,50,52)(H,51,53). The van der Waals surface area contributed by atoms with Gasteiger partial charge in [0.1, 0.15) is 0 Å². The van der Waals surface area contributed by atoms with Crippen molar-refractivity contribution in [3.63, 3.8) is 0 Å². The van der Waals surface area contributed by atoms with Gasteiger partial charge in [-0.1, -0.05) is 121 Å². The topological polar surface area (TPSA) is 110 Å². The number of hydrogen-bond donors (Lipinski definition) is 4. The van der Waals surface area contributed by atoms with Crippen molar-refractivity contribution in [2.75, 3.05) is 22.1 Å². The van der Waals surface area contributed by atoms with Crippen molar-refractivity contribution in [1.29, 1.82) is 0 Å². The molecule has 0 aliphatic heterocycles. The van der Waals surface area contributed by atoms with Crippen LogP contribution in [0.2, 0.25) is 0 Å². The largest absolute Gasteiger partial charge is 0.398 e. The number of amides is 2. The molecule has 2 amide bonds. The molecule has 254 valence electrons. The predicted octanol–water partition coefficient (Wildman–Crippen LogP) is 10.0. The smallest absolute Gasteiger partial charge is 0.255 e. The molecule has 0 aromatic heterocycles. The molecule has 1 aliphatic rings. The molecule has 8 aromatic rings. The maximum absolute atomic E-state index is 13.7. The molecular formula is C47H34N4O2. The van der Waals surface area contributed by atoms with Gasteiger partial charge in [0.2, 0.25) is 0 Å². The molecule has 0 bridgehead atoms. The number of fused-ring (bicyclic) bond motifs is 5. The van der Waals surface area contributed by atoms with Crippen LogP contribution in [-0.4, -0.2) is 11.8 Å². The van der Waals surface area contributed by atoms with Gasteiger partial charge in [-0.3, -0.25) is 9.59 Å². The maximum Gasteiger partial charge on any atom is 0.255 e. The molecule has 0 fully saturated rings. The number of nitrogen functional groups attached to an aromatic ring is 2. The molecule has 0 heterocycles. The first-order chi connectivity index (χ1) is 25.9. The SMILES string of the molecule is Nc1ccc(NC(=O)c2ccc(C3(c4ccc(C(=O)Nc5ccc(N)c6ccccc56)cc4)c4ccccc4-c4ccccc43)cc2)c2ccccc12. The Morgan fingerprint density at radius 1 is 0.396 bits per heavy atom. The Hall–Kier alpha value is -7.18. The molecule has 0 radical (unpaired) electrons. The number of rotatable bonds is 6. The van der Waals surface area contributed by atoms with Crippen LogP contribution in [0, 0.1) is 0 Å². The van der Waals surface area contributed by atoms with E-state index in [-0.39, 0.29) is 11.8 Å². The Balaban J connectivity index is 1.10. The van der Waals surface area contributed by atoms with Gasteiger partial charge in [0, 0.05) is 55.4 Å². The Kier molecular flexibility index (Phi) is 7.52. The first-order valence-electron chi connectivity index (χ1n) is 17.5. The van der Waals surface area contributed by atoms with E-state index in [2.05, 4.69) is 59.2 Å². The summed E-state index contributed by atoms with van der Waals surface area (Å²) < 4.78 is 0. The molecule has 0 spiro atoms. The molecule has 53 heavy (non-hydrogen) atoms. The lowest BCUT2D eigenvalue weighted by Gasteiger charge is -2.34. The van der Waals surface area contributed by atoms with Crippen LogP contribution in [0.25, 0.3) is 32.7 Å². The lowest BCUT2D eigenvalue weighted by Crippen LogP contribution is -2.29. The Morgan fingerprint density at radius 3 is 1.17 bits per heavy atom. The maximum atomic E-state index is 13.7. The van der Waals surface area contributed by atoms with E-state index in [0.717, 1.165) is 54.9 Å². The molecule has 6 N–H and O–H groups in total. The average Bonchev–Trinajstić information content (AvgIpc) is 3.51. The number of nitrogens with one attached hydrogen (secondary N) is 2. The zero-order chi connectivity index (χ0) is 36.1. The number of benzene rings is 8. The summed E-state index contributed by atoms with van der Waals surface area (Å²) in [5, 5.41) is 9.75. The van der Waals surface area contributed by atoms with Crippen molar-refractivity contribution in [2.24, 2.45) is 0 Å². The minimum Gasteiger partial charge on any atom is -0.398 e. The fraction of sp³-hybridized carbons (Fsp3) is 0.0213. The van der Waals surface area contributed by atoms with Crippen LogP contribution in [-0.2, 0) is 5.41 Å². The van der Waals surface area contributed by atoms with E-state index in [9.17, 15) is 9.59 Å². The molecule has 0 unspecified atom stereocenters. The third-order valence-electron chi connectivity index (χ3n) is 10.5. The molecule has 0 atom stereocenters. The van der Waals surface area contributed by atoms with Crippen molar-refractivity contribution >= 4 is 56.1 Å². The summed E-state index contributed by atoms with van der Waals surface area (Å²) in [4.78, 5) is 27.3. The zero-order valence-corrected chi connectivity index (χ0v) is 28.6. The Labute approximate surface area is 306 Å². The highest BCUT2D eigenvalue weighted by atomic mass is 16.2. The second-order valence-electron chi connectivity index (χ2n) is 13.4. The molecule has 6 nitrogen and oxygen atoms in total. The van der Waals surface area contributed by atoms with E-state index in [0.29, 0.717) is 33.9 Å². The van der Waals surface area contributed by atoms with Crippen LogP contribution in [0.3, 0.4) is 0 Å². The number of anilines is 4. The van der Waals surface area contributed by atoms with Gasteiger partial charge in [0.15, 0.2) is 0 Å². The monoisotopic (exact) mass is 686 g/mol. The van der Waals surface area contributed by atoms with Crippen LogP contribution in [0.4, 0.5) is 22.7 Å². The summed E-state index contributed by atoms with van der Waals surface area (Å²) in [6, 6.07) is 55.5. The minimum atomic E-state index is -0.697. The van der Waals surface area contributed by atoms with Crippen molar-refractivity contribution in [3.05, 3.63) is 203 Å². The van der Waals surface area contributed by atoms with E-state index in [1.54, 1.807) is 0 Å². The van der Waals surface area contributed by atoms with E-state index < -0.39 is 5.41 Å².